The van der Waals surface area contributed by atoms with Gasteiger partial charge in [0.15, 0.2) is 0 Å². The number of carbonyl (C=O) groups is 2. The van der Waals surface area contributed by atoms with Gasteiger partial charge in [-0.1, -0.05) is 18.8 Å². The molecule has 2 N–H and O–H groups in total. The quantitative estimate of drug-likeness (QED) is 0.264. The molecule has 1 unspecified atom stereocenters. The summed E-state index contributed by atoms with van der Waals surface area (Å²) >= 11 is 1.15. The molecule has 0 radical (unpaired) electrons. The molecule has 0 spiro atoms. The van der Waals surface area contributed by atoms with Gasteiger partial charge >= 0.3 is 5.97 Å². The van der Waals surface area contributed by atoms with E-state index in [0.717, 1.165) is 49.9 Å². The first-order valence-electron chi connectivity index (χ1n) is 13.9. The molecule has 1 aliphatic carbocycles. The Morgan fingerprint density at radius 1 is 1.21 bits per heavy atom. The molecule has 212 valence electrons. The standard InChI is InChI=1S/C29H45N2O5PS/c1-20-7-9-22(10-8-20)27(32)31(21(2)12-16-30-23-13-17-37(35,36-6)18-14-23)25-19-24(11-15-29(3,4)5)38-26(25)28(33)34/h19-23,30H,7-10,12-14,16-18H2,1-6H3,(H,33,34). The van der Waals surface area contributed by atoms with E-state index in [4.69, 9.17) is 4.52 Å². The molecule has 2 heterocycles. The number of hydrogen-bond donors (Lipinski definition) is 2. The van der Waals surface area contributed by atoms with Crippen LogP contribution in [-0.2, 0) is 13.9 Å². The van der Waals surface area contributed by atoms with Crippen LogP contribution in [0.2, 0.25) is 0 Å². The Morgan fingerprint density at radius 2 is 1.84 bits per heavy atom. The zero-order valence-electron chi connectivity index (χ0n) is 23.8. The molecule has 3 rings (SSSR count). The van der Waals surface area contributed by atoms with Crippen LogP contribution < -0.4 is 10.2 Å². The van der Waals surface area contributed by atoms with Crippen molar-refractivity contribution in [3.8, 4) is 11.8 Å². The highest BCUT2D eigenvalue weighted by Gasteiger charge is 2.35. The first kappa shape index (κ1) is 30.9. The molecular weight excluding hydrogens is 519 g/mol. The molecule has 2 fully saturated rings. The molecule has 1 aromatic rings. The predicted octanol–water partition coefficient (Wildman–Crippen LogP) is 6.46. The molecule has 1 amide bonds. The first-order chi connectivity index (χ1) is 17.8. The van der Waals surface area contributed by atoms with Gasteiger partial charge in [-0.15, -0.1) is 11.3 Å². The van der Waals surface area contributed by atoms with Crippen LogP contribution in [0.5, 0.6) is 0 Å². The van der Waals surface area contributed by atoms with Gasteiger partial charge in [0.25, 0.3) is 0 Å². The average Bonchev–Trinajstić information content (AvgIpc) is 3.28. The van der Waals surface area contributed by atoms with Crippen LogP contribution in [0.4, 0.5) is 5.69 Å². The van der Waals surface area contributed by atoms with Crippen molar-refractivity contribution in [2.24, 2.45) is 17.3 Å². The third-order valence-corrected chi connectivity index (χ3v) is 11.3. The smallest absolute Gasteiger partial charge is 0.348 e. The van der Waals surface area contributed by atoms with Crippen molar-refractivity contribution in [3.05, 3.63) is 15.8 Å². The lowest BCUT2D eigenvalue weighted by atomic mass is 9.82. The van der Waals surface area contributed by atoms with Crippen LogP contribution in [0, 0.1) is 29.1 Å². The van der Waals surface area contributed by atoms with Crippen LogP contribution in [0.25, 0.3) is 0 Å². The molecule has 9 heteroatoms. The minimum absolute atomic E-state index is 0.0266. The lowest BCUT2D eigenvalue weighted by molar-refractivity contribution is -0.124. The summed E-state index contributed by atoms with van der Waals surface area (Å²) in [5.74, 6) is 5.85. The maximum atomic E-state index is 14.0. The zero-order valence-corrected chi connectivity index (χ0v) is 25.6. The largest absolute Gasteiger partial charge is 0.477 e. The summed E-state index contributed by atoms with van der Waals surface area (Å²) in [6.45, 7) is 11.0. The van der Waals surface area contributed by atoms with Gasteiger partial charge in [-0.25, -0.2) is 4.79 Å². The summed E-state index contributed by atoms with van der Waals surface area (Å²) in [4.78, 5) is 28.8. The summed E-state index contributed by atoms with van der Waals surface area (Å²) < 4.78 is 17.7. The van der Waals surface area contributed by atoms with E-state index in [1.165, 1.54) is 7.11 Å². The number of nitrogens with zero attached hydrogens (tertiary/aromatic N) is 1. The highest BCUT2D eigenvalue weighted by atomic mass is 32.1. The van der Waals surface area contributed by atoms with E-state index in [0.29, 0.717) is 41.8 Å². The van der Waals surface area contributed by atoms with Gasteiger partial charge in [0.2, 0.25) is 13.3 Å². The Kier molecular flexibility index (Phi) is 10.7. The Bertz CT molecular complexity index is 1080. The van der Waals surface area contributed by atoms with E-state index in [1.54, 1.807) is 11.0 Å². The van der Waals surface area contributed by atoms with Gasteiger partial charge in [-0.2, -0.15) is 0 Å². The van der Waals surface area contributed by atoms with Gasteiger partial charge in [-0.05, 0) is 91.2 Å². The highest BCUT2D eigenvalue weighted by molar-refractivity contribution is 7.59. The van der Waals surface area contributed by atoms with Gasteiger partial charge in [0, 0.05) is 42.9 Å². The van der Waals surface area contributed by atoms with Crippen molar-refractivity contribution in [2.45, 2.75) is 91.6 Å². The molecule has 2 aliphatic rings. The van der Waals surface area contributed by atoms with Gasteiger partial charge in [0.1, 0.15) is 4.88 Å². The van der Waals surface area contributed by atoms with Crippen LogP contribution >= 0.6 is 18.7 Å². The van der Waals surface area contributed by atoms with E-state index in [2.05, 4.69) is 24.1 Å². The molecule has 7 nitrogen and oxygen atoms in total. The number of carboxylic acid groups (broad SMARTS) is 1. The molecule has 1 aliphatic heterocycles. The van der Waals surface area contributed by atoms with Gasteiger partial charge in [-0.3, -0.25) is 9.36 Å². The van der Waals surface area contributed by atoms with E-state index < -0.39 is 13.3 Å². The molecule has 1 aromatic heterocycles. The third-order valence-electron chi connectivity index (χ3n) is 7.73. The fraction of sp³-hybridized carbons (Fsp3) is 0.724. The molecule has 38 heavy (non-hydrogen) atoms. The van der Waals surface area contributed by atoms with Crippen molar-refractivity contribution in [3.63, 3.8) is 0 Å². The lowest BCUT2D eigenvalue weighted by Crippen LogP contribution is -2.45. The highest BCUT2D eigenvalue weighted by Crippen LogP contribution is 2.50. The average molecular weight is 565 g/mol. The second-order valence-electron chi connectivity index (χ2n) is 12.1. The molecule has 0 bridgehead atoms. The Morgan fingerprint density at radius 3 is 2.39 bits per heavy atom. The van der Waals surface area contributed by atoms with Crippen molar-refractivity contribution >= 4 is 36.3 Å². The van der Waals surface area contributed by atoms with Crippen molar-refractivity contribution in [2.75, 3.05) is 30.9 Å². The first-order valence-corrected chi connectivity index (χ1v) is 16.7. The number of nitrogens with one attached hydrogen (secondary N) is 1. The Labute approximate surface area is 232 Å². The predicted molar refractivity (Wildman–Crippen MR) is 156 cm³/mol. The number of carbonyl (C=O) groups excluding carboxylic acids is 1. The number of hydrogen-bond acceptors (Lipinski definition) is 6. The van der Waals surface area contributed by atoms with Gasteiger partial charge in [0.05, 0.1) is 10.6 Å². The Hall–Kier alpha value is -1.65. The molecule has 1 saturated heterocycles. The second-order valence-corrected chi connectivity index (χ2v) is 16.0. The van der Waals surface area contributed by atoms with Crippen molar-refractivity contribution in [1.82, 2.24) is 5.32 Å². The summed E-state index contributed by atoms with van der Waals surface area (Å²) in [5.41, 5.74) is 0.257. The monoisotopic (exact) mass is 564 g/mol. The van der Waals surface area contributed by atoms with Crippen molar-refractivity contribution < 1.29 is 23.8 Å². The van der Waals surface area contributed by atoms with Gasteiger partial charge < -0.3 is 19.8 Å². The number of amides is 1. The van der Waals surface area contributed by atoms with E-state index in [9.17, 15) is 19.3 Å². The normalized spacial score (nSPS) is 26.7. The molecule has 0 aromatic carbocycles. The number of carboxylic acids is 1. The molecular formula is C29H45N2O5PS. The summed E-state index contributed by atoms with van der Waals surface area (Å²) in [6, 6.07) is 1.89. The minimum atomic E-state index is -2.46. The summed E-state index contributed by atoms with van der Waals surface area (Å²) in [7, 11) is -0.927. The number of anilines is 1. The van der Waals surface area contributed by atoms with Crippen LogP contribution in [0.1, 0.15) is 94.1 Å². The maximum absolute atomic E-state index is 14.0. The summed E-state index contributed by atoms with van der Waals surface area (Å²) in [6.07, 6.45) is 7.21. The Balaban J connectivity index is 1.81. The molecule has 1 atom stereocenters. The van der Waals surface area contributed by atoms with Crippen LogP contribution in [0.3, 0.4) is 0 Å². The topological polar surface area (TPSA) is 95.9 Å². The second kappa shape index (κ2) is 13.1. The zero-order chi connectivity index (χ0) is 28.1. The van der Waals surface area contributed by atoms with E-state index >= 15 is 0 Å². The fourth-order valence-electron chi connectivity index (χ4n) is 5.27. The van der Waals surface area contributed by atoms with E-state index in [-0.39, 0.29) is 34.2 Å². The number of rotatable bonds is 9. The number of aromatic carboxylic acids is 1. The van der Waals surface area contributed by atoms with E-state index in [1.807, 2.05) is 27.7 Å². The summed E-state index contributed by atoms with van der Waals surface area (Å²) in [5, 5.41) is 13.6. The minimum Gasteiger partial charge on any atom is -0.477 e. The number of thiophene rings is 1. The third kappa shape index (κ3) is 8.42. The fourth-order valence-corrected chi connectivity index (χ4v) is 8.12. The van der Waals surface area contributed by atoms with Crippen LogP contribution in [0.15, 0.2) is 6.07 Å². The van der Waals surface area contributed by atoms with Crippen molar-refractivity contribution in [1.29, 1.82) is 0 Å². The molecule has 1 saturated carbocycles. The lowest BCUT2D eigenvalue weighted by Gasteiger charge is -2.35. The van der Waals surface area contributed by atoms with Crippen LogP contribution in [-0.4, -0.2) is 55.0 Å². The maximum Gasteiger partial charge on any atom is 0.348 e. The SMILES string of the molecule is COP1(=O)CCC(NCCC(C)N(C(=O)C2CCC(C)CC2)c2cc(C#CC(C)(C)C)sc2C(=O)O)CC1.